The number of amides is 1. The fourth-order valence-corrected chi connectivity index (χ4v) is 5.36. The van der Waals surface area contributed by atoms with Crippen molar-refractivity contribution >= 4 is 40.6 Å². The number of rotatable bonds is 5. The van der Waals surface area contributed by atoms with E-state index in [0.29, 0.717) is 32.4 Å². The Bertz CT molecular complexity index is 1270. The molecule has 3 aromatic carbocycles. The number of para-hydroxylation sites is 1. The lowest BCUT2D eigenvalue weighted by atomic mass is 9.85. The molecule has 0 saturated carbocycles. The molecule has 0 saturated heterocycles. The lowest BCUT2D eigenvalue weighted by molar-refractivity contribution is -0.136. The molecule has 0 radical (unpaired) electrons. The van der Waals surface area contributed by atoms with E-state index in [2.05, 4.69) is 0 Å². The van der Waals surface area contributed by atoms with Crippen LogP contribution in [0.1, 0.15) is 51.9 Å². The number of fused-ring (bicyclic) bond motifs is 2. The minimum atomic E-state index is -1.93. The quantitative estimate of drug-likeness (QED) is 0.464. The van der Waals surface area contributed by atoms with Crippen molar-refractivity contribution in [2.24, 2.45) is 0 Å². The Morgan fingerprint density at radius 2 is 1.73 bits per heavy atom. The Labute approximate surface area is 202 Å². The summed E-state index contributed by atoms with van der Waals surface area (Å²) in [6.07, 6.45) is 3.95. The second-order valence-corrected chi connectivity index (χ2v) is 9.64. The number of ketones is 1. The fourth-order valence-electron chi connectivity index (χ4n) is 4.90. The Balaban J connectivity index is 1.46. The van der Waals surface area contributed by atoms with Gasteiger partial charge in [-0.15, -0.1) is 0 Å². The number of carbonyl (C=O) groups excluding carboxylic acids is 2. The number of benzene rings is 3. The van der Waals surface area contributed by atoms with E-state index in [4.69, 9.17) is 23.2 Å². The lowest BCUT2D eigenvalue weighted by Gasteiger charge is -2.23. The highest BCUT2D eigenvalue weighted by Gasteiger charge is 2.50. The standard InChI is InChI=1S/C27H23Cl2NO3/c28-21-12-11-20(23(29)14-21)16-30-24-8-4-3-7-22(24)27(33,26(30)32)15-25(31)19-10-9-17-5-1-2-6-18(17)13-19/h3-4,7-14,33H,1-2,5-6,15-16H2. The molecule has 5 rings (SSSR count). The number of anilines is 1. The zero-order valence-corrected chi connectivity index (χ0v) is 19.5. The maximum Gasteiger partial charge on any atom is 0.264 e. The Hall–Kier alpha value is -2.66. The highest BCUT2D eigenvalue weighted by molar-refractivity contribution is 6.35. The number of hydrogen-bond donors (Lipinski definition) is 1. The van der Waals surface area contributed by atoms with Crippen molar-refractivity contribution in [3.8, 4) is 0 Å². The van der Waals surface area contributed by atoms with Crippen LogP contribution in [0.15, 0.2) is 60.7 Å². The average Bonchev–Trinajstić information content (AvgIpc) is 3.02. The first-order valence-corrected chi connectivity index (χ1v) is 11.9. The number of halogens is 2. The minimum absolute atomic E-state index is 0.168. The van der Waals surface area contributed by atoms with E-state index < -0.39 is 11.5 Å². The molecule has 1 atom stereocenters. The van der Waals surface area contributed by atoms with Crippen molar-refractivity contribution < 1.29 is 14.7 Å². The second-order valence-electron chi connectivity index (χ2n) is 8.80. The van der Waals surface area contributed by atoms with Gasteiger partial charge in [0.1, 0.15) is 0 Å². The Kier molecular flexibility index (Phi) is 5.77. The molecule has 2 aliphatic rings. The molecule has 168 valence electrons. The van der Waals surface area contributed by atoms with Crippen molar-refractivity contribution in [3.63, 3.8) is 0 Å². The first kappa shape index (κ1) is 22.1. The van der Waals surface area contributed by atoms with E-state index in [0.717, 1.165) is 19.3 Å². The summed E-state index contributed by atoms with van der Waals surface area (Å²) in [5.74, 6) is -0.776. The van der Waals surface area contributed by atoms with Gasteiger partial charge in [0.15, 0.2) is 11.4 Å². The van der Waals surface area contributed by atoms with Gasteiger partial charge in [-0.3, -0.25) is 9.59 Å². The average molecular weight is 480 g/mol. The summed E-state index contributed by atoms with van der Waals surface area (Å²) in [6.45, 7) is 0.168. The Morgan fingerprint density at radius 1 is 0.970 bits per heavy atom. The molecule has 0 fully saturated rings. The van der Waals surface area contributed by atoms with Gasteiger partial charge in [-0.2, -0.15) is 0 Å². The van der Waals surface area contributed by atoms with Crippen molar-refractivity contribution in [1.29, 1.82) is 0 Å². The smallest absolute Gasteiger partial charge is 0.264 e. The summed E-state index contributed by atoms with van der Waals surface area (Å²) in [6, 6.07) is 17.9. The van der Waals surface area contributed by atoms with Crippen LogP contribution in [-0.4, -0.2) is 16.8 Å². The normalized spacial score (nSPS) is 19.4. The third-order valence-corrected chi connectivity index (χ3v) is 7.26. The predicted octanol–water partition coefficient (Wildman–Crippen LogP) is 5.88. The Morgan fingerprint density at radius 3 is 2.52 bits per heavy atom. The third-order valence-electron chi connectivity index (χ3n) is 6.67. The zero-order valence-electron chi connectivity index (χ0n) is 18.0. The monoisotopic (exact) mass is 479 g/mol. The molecule has 0 bridgehead atoms. The molecule has 0 aromatic heterocycles. The van der Waals surface area contributed by atoms with Gasteiger partial charge in [0, 0.05) is 21.2 Å². The molecule has 1 amide bonds. The second kappa shape index (κ2) is 8.60. The lowest BCUT2D eigenvalue weighted by Crippen LogP contribution is -2.41. The molecule has 1 heterocycles. The molecular formula is C27H23Cl2NO3. The number of aryl methyl sites for hydroxylation is 2. The molecule has 4 nitrogen and oxygen atoms in total. The summed E-state index contributed by atoms with van der Waals surface area (Å²) in [7, 11) is 0. The van der Waals surface area contributed by atoms with Crippen LogP contribution in [0.5, 0.6) is 0 Å². The van der Waals surface area contributed by atoms with Crippen molar-refractivity contribution in [2.45, 2.75) is 44.2 Å². The number of hydrogen-bond acceptors (Lipinski definition) is 3. The van der Waals surface area contributed by atoms with Gasteiger partial charge in [0.2, 0.25) is 0 Å². The zero-order chi connectivity index (χ0) is 23.2. The molecule has 1 aliphatic carbocycles. The molecule has 1 N–H and O–H groups in total. The van der Waals surface area contributed by atoms with Crippen LogP contribution in [0.2, 0.25) is 10.0 Å². The van der Waals surface area contributed by atoms with Crippen molar-refractivity contribution in [2.75, 3.05) is 4.90 Å². The maximum atomic E-state index is 13.5. The molecule has 3 aromatic rings. The van der Waals surface area contributed by atoms with Crippen LogP contribution in [0.3, 0.4) is 0 Å². The summed E-state index contributed by atoms with van der Waals surface area (Å²) in [4.78, 5) is 28.2. The highest BCUT2D eigenvalue weighted by atomic mass is 35.5. The molecule has 1 unspecified atom stereocenters. The van der Waals surface area contributed by atoms with Crippen LogP contribution in [-0.2, 0) is 29.8 Å². The van der Waals surface area contributed by atoms with Gasteiger partial charge >= 0.3 is 0 Å². The maximum absolute atomic E-state index is 13.5. The summed E-state index contributed by atoms with van der Waals surface area (Å²) in [5, 5.41) is 12.5. The van der Waals surface area contributed by atoms with Crippen molar-refractivity contribution in [3.05, 3.63) is 98.5 Å². The number of nitrogens with zero attached hydrogens (tertiary/aromatic N) is 1. The summed E-state index contributed by atoms with van der Waals surface area (Å²) in [5.41, 5.74) is 2.80. The molecule has 1 aliphatic heterocycles. The number of aliphatic hydroxyl groups is 1. The first-order chi connectivity index (χ1) is 15.9. The number of Topliss-reactive ketones (excluding diaryl/α,β-unsaturated/α-hetero) is 1. The SMILES string of the molecule is O=C(CC1(O)C(=O)N(Cc2ccc(Cl)cc2Cl)c2ccccc21)c1ccc2c(c1)CCCC2. The summed E-state index contributed by atoms with van der Waals surface area (Å²) >= 11 is 12.3. The van der Waals surface area contributed by atoms with Crippen LogP contribution >= 0.6 is 23.2 Å². The minimum Gasteiger partial charge on any atom is -0.375 e. The van der Waals surface area contributed by atoms with Gasteiger partial charge in [-0.05, 0) is 66.6 Å². The van der Waals surface area contributed by atoms with E-state index >= 15 is 0 Å². The van der Waals surface area contributed by atoms with E-state index in [1.54, 1.807) is 42.5 Å². The first-order valence-electron chi connectivity index (χ1n) is 11.1. The van der Waals surface area contributed by atoms with E-state index in [1.165, 1.54) is 22.4 Å². The summed E-state index contributed by atoms with van der Waals surface area (Å²) < 4.78 is 0. The molecular weight excluding hydrogens is 457 g/mol. The van der Waals surface area contributed by atoms with Crippen LogP contribution in [0.25, 0.3) is 0 Å². The third kappa shape index (κ3) is 3.97. The van der Waals surface area contributed by atoms with Gasteiger partial charge in [0.25, 0.3) is 5.91 Å². The molecule has 33 heavy (non-hydrogen) atoms. The van der Waals surface area contributed by atoms with E-state index in [9.17, 15) is 14.7 Å². The number of carbonyl (C=O) groups is 2. The van der Waals surface area contributed by atoms with E-state index in [-0.39, 0.29) is 18.7 Å². The van der Waals surface area contributed by atoms with Gasteiger partial charge in [-0.25, -0.2) is 0 Å². The van der Waals surface area contributed by atoms with Gasteiger partial charge in [-0.1, -0.05) is 59.6 Å². The van der Waals surface area contributed by atoms with Gasteiger partial charge < -0.3 is 10.0 Å². The fraction of sp³-hybridized carbons (Fsp3) is 0.259. The van der Waals surface area contributed by atoms with Crippen LogP contribution in [0.4, 0.5) is 5.69 Å². The van der Waals surface area contributed by atoms with Crippen LogP contribution < -0.4 is 4.90 Å². The molecule has 0 spiro atoms. The van der Waals surface area contributed by atoms with Crippen molar-refractivity contribution in [1.82, 2.24) is 0 Å². The highest BCUT2D eigenvalue weighted by Crippen LogP contribution is 2.44. The predicted molar refractivity (Wildman–Crippen MR) is 130 cm³/mol. The molecule has 6 heteroatoms. The van der Waals surface area contributed by atoms with Crippen LogP contribution in [0, 0.1) is 0 Å². The van der Waals surface area contributed by atoms with E-state index in [1.807, 2.05) is 18.2 Å². The topological polar surface area (TPSA) is 57.6 Å². The van der Waals surface area contributed by atoms with Gasteiger partial charge in [0.05, 0.1) is 18.7 Å². The largest absolute Gasteiger partial charge is 0.375 e.